The monoisotopic (exact) mass is 451 g/mol. The molecule has 0 unspecified atom stereocenters. The number of aryl methyl sites for hydroxylation is 1. The molecule has 1 N–H and O–H groups in total. The molecule has 0 amide bonds. The van der Waals surface area contributed by atoms with Gasteiger partial charge in [-0.3, -0.25) is 4.90 Å². The minimum absolute atomic E-state index is 0.123. The molecular weight excluding hydrogens is 421 g/mol. The first-order valence-corrected chi connectivity index (χ1v) is 10.9. The van der Waals surface area contributed by atoms with Crippen molar-refractivity contribution in [3.8, 4) is 35.2 Å². The van der Waals surface area contributed by atoms with Gasteiger partial charge in [-0.1, -0.05) is 42.3 Å². The standard InChI is InChI=1S/C26H30FN3O3/c1-5-14-32-18-22(31)16-30(19(2)3)17-24-25(20-10-7-6-8-11-20)28-29(4)26(24)33-23-13-9-12-21(27)15-23/h1,6-13,15,19,22,31H,14,16-18H2,2-4H3/t22-/m1/s1. The zero-order valence-corrected chi connectivity index (χ0v) is 19.2. The fourth-order valence-corrected chi connectivity index (χ4v) is 3.53. The number of nitrogens with zero attached hydrogens (tertiary/aromatic N) is 3. The van der Waals surface area contributed by atoms with E-state index in [1.165, 1.54) is 12.1 Å². The van der Waals surface area contributed by atoms with E-state index in [0.29, 0.717) is 24.7 Å². The predicted octanol–water partition coefficient (Wildman–Crippen LogP) is 4.24. The van der Waals surface area contributed by atoms with Gasteiger partial charge in [0.25, 0.3) is 0 Å². The highest BCUT2D eigenvalue weighted by Crippen LogP contribution is 2.34. The third kappa shape index (κ3) is 6.65. The Morgan fingerprint density at radius 2 is 1.94 bits per heavy atom. The van der Waals surface area contributed by atoms with E-state index in [-0.39, 0.29) is 25.1 Å². The average molecular weight is 452 g/mol. The van der Waals surface area contributed by atoms with E-state index >= 15 is 0 Å². The number of halogens is 1. The van der Waals surface area contributed by atoms with Crippen molar-refractivity contribution in [2.24, 2.45) is 7.05 Å². The number of aromatic nitrogens is 2. The molecule has 6 nitrogen and oxygen atoms in total. The van der Waals surface area contributed by atoms with Gasteiger partial charge in [-0.05, 0) is 26.0 Å². The van der Waals surface area contributed by atoms with Crippen molar-refractivity contribution in [1.82, 2.24) is 14.7 Å². The molecule has 3 aromatic rings. The summed E-state index contributed by atoms with van der Waals surface area (Å²) in [5.41, 5.74) is 2.56. The Bertz CT molecular complexity index is 1080. The van der Waals surface area contributed by atoms with Crippen LogP contribution in [0.1, 0.15) is 19.4 Å². The first-order valence-electron chi connectivity index (χ1n) is 10.9. The van der Waals surface area contributed by atoms with Crippen LogP contribution in [0.25, 0.3) is 11.3 Å². The average Bonchev–Trinajstić information content (AvgIpc) is 3.09. The van der Waals surface area contributed by atoms with Gasteiger partial charge in [0.15, 0.2) is 0 Å². The van der Waals surface area contributed by atoms with Crippen LogP contribution in [0.2, 0.25) is 0 Å². The van der Waals surface area contributed by atoms with E-state index in [1.54, 1.807) is 23.9 Å². The maximum Gasteiger partial charge on any atom is 0.222 e. The van der Waals surface area contributed by atoms with Crippen LogP contribution < -0.4 is 4.74 Å². The van der Waals surface area contributed by atoms with E-state index in [2.05, 4.69) is 24.7 Å². The van der Waals surface area contributed by atoms with Crippen LogP contribution in [-0.2, 0) is 18.3 Å². The Kier molecular flexibility index (Phi) is 8.61. The van der Waals surface area contributed by atoms with E-state index in [9.17, 15) is 9.50 Å². The first-order chi connectivity index (χ1) is 15.9. The van der Waals surface area contributed by atoms with Crippen molar-refractivity contribution in [3.63, 3.8) is 0 Å². The maximum absolute atomic E-state index is 13.8. The topological polar surface area (TPSA) is 59.8 Å². The van der Waals surface area contributed by atoms with Gasteiger partial charge in [-0.25, -0.2) is 9.07 Å². The summed E-state index contributed by atoms with van der Waals surface area (Å²) in [6, 6.07) is 16.0. The number of rotatable bonds is 11. The van der Waals surface area contributed by atoms with Crippen LogP contribution in [0.15, 0.2) is 54.6 Å². The van der Waals surface area contributed by atoms with Gasteiger partial charge in [0, 0.05) is 37.8 Å². The molecule has 0 aliphatic rings. The zero-order chi connectivity index (χ0) is 23.8. The van der Waals surface area contributed by atoms with Crippen LogP contribution in [0.3, 0.4) is 0 Å². The zero-order valence-electron chi connectivity index (χ0n) is 19.2. The van der Waals surface area contributed by atoms with Crippen molar-refractivity contribution in [2.75, 3.05) is 19.8 Å². The van der Waals surface area contributed by atoms with Crippen molar-refractivity contribution in [1.29, 1.82) is 0 Å². The van der Waals surface area contributed by atoms with Gasteiger partial charge in [0.2, 0.25) is 5.88 Å². The number of aliphatic hydroxyl groups excluding tert-OH is 1. The lowest BCUT2D eigenvalue weighted by Crippen LogP contribution is -2.39. The summed E-state index contributed by atoms with van der Waals surface area (Å²) in [5, 5.41) is 15.2. The fraction of sp³-hybridized carbons (Fsp3) is 0.346. The Morgan fingerprint density at radius 3 is 2.61 bits per heavy atom. The third-order valence-corrected chi connectivity index (χ3v) is 5.18. The number of ether oxygens (including phenoxy) is 2. The summed E-state index contributed by atoms with van der Waals surface area (Å²) < 4.78 is 26.8. The Labute approximate surface area is 194 Å². The molecule has 1 atom stereocenters. The molecular formula is C26H30FN3O3. The molecule has 7 heteroatoms. The summed E-state index contributed by atoms with van der Waals surface area (Å²) >= 11 is 0. The highest BCUT2D eigenvalue weighted by atomic mass is 19.1. The second kappa shape index (κ2) is 11.6. The number of aliphatic hydroxyl groups is 1. The van der Waals surface area contributed by atoms with Crippen molar-refractivity contribution in [2.45, 2.75) is 32.5 Å². The van der Waals surface area contributed by atoms with E-state index in [4.69, 9.17) is 21.0 Å². The lowest BCUT2D eigenvalue weighted by atomic mass is 10.1. The molecule has 0 bridgehead atoms. The highest BCUT2D eigenvalue weighted by Gasteiger charge is 2.24. The molecule has 0 spiro atoms. The largest absolute Gasteiger partial charge is 0.439 e. The van der Waals surface area contributed by atoms with Crippen molar-refractivity contribution in [3.05, 3.63) is 66.0 Å². The second-order valence-electron chi connectivity index (χ2n) is 8.08. The summed E-state index contributed by atoms with van der Waals surface area (Å²) in [6.45, 7) is 5.27. The molecule has 0 aliphatic heterocycles. The summed E-state index contributed by atoms with van der Waals surface area (Å²) in [5.74, 6) is 2.93. The van der Waals surface area contributed by atoms with E-state index in [1.807, 2.05) is 30.3 Å². The Morgan fingerprint density at radius 1 is 1.18 bits per heavy atom. The number of hydrogen-bond donors (Lipinski definition) is 1. The van der Waals surface area contributed by atoms with Gasteiger partial charge in [0.1, 0.15) is 23.9 Å². The molecule has 33 heavy (non-hydrogen) atoms. The molecule has 0 saturated carbocycles. The molecule has 3 rings (SSSR count). The van der Waals surface area contributed by atoms with Crippen LogP contribution in [0.5, 0.6) is 11.6 Å². The van der Waals surface area contributed by atoms with E-state index < -0.39 is 6.10 Å². The minimum atomic E-state index is -0.704. The molecule has 1 heterocycles. The van der Waals surface area contributed by atoms with Gasteiger partial charge < -0.3 is 14.6 Å². The summed E-state index contributed by atoms with van der Waals surface area (Å²) in [7, 11) is 1.80. The molecule has 0 radical (unpaired) electrons. The number of hydrogen-bond acceptors (Lipinski definition) is 5. The van der Waals surface area contributed by atoms with Crippen LogP contribution in [0.4, 0.5) is 4.39 Å². The van der Waals surface area contributed by atoms with Gasteiger partial charge in [0.05, 0.1) is 18.3 Å². The fourth-order valence-electron chi connectivity index (χ4n) is 3.53. The van der Waals surface area contributed by atoms with Crippen molar-refractivity contribution >= 4 is 0 Å². The summed E-state index contributed by atoms with van der Waals surface area (Å²) in [4.78, 5) is 2.12. The smallest absolute Gasteiger partial charge is 0.222 e. The number of benzene rings is 2. The van der Waals surface area contributed by atoms with E-state index in [0.717, 1.165) is 16.8 Å². The van der Waals surface area contributed by atoms with Gasteiger partial charge >= 0.3 is 0 Å². The normalized spacial score (nSPS) is 12.2. The minimum Gasteiger partial charge on any atom is -0.439 e. The SMILES string of the molecule is C#CCOC[C@H](O)CN(Cc1c(-c2ccccc2)nn(C)c1Oc1cccc(F)c1)C(C)C. The van der Waals surface area contributed by atoms with Crippen LogP contribution >= 0.6 is 0 Å². The Hall–Kier alpha value is -3.18. The summed E-state index contributed by atoms with van der Waals surface area (Å²) in [6.07, 6.45) is 4.51. The van der Waals surface area contributed by atoms with Crippen LogP contribution in [0, 0.1) is 18.2 Å². The second-order valence-corrected chi connectivity index (χ2v) is 8.08. The highest BCUT2D eigenvalue weighted by molar-refractivity contribution is 5.65. The molecule has 0 aliphatic carbocycles. The lowest BCUT2D eigenvalue weighted by molar-refractivity contribution is 0.0191. The maximum atomic E-state index is 13.8. The molecule has 2 aromatic carbocycles. The Balaban J connectivity index is 1.95. The van der Waals surface area contributed by atoms with Crippen molar-refractivity contribution < 1.29 is 19.0 Å². The first kappa shape index (κ1) is 24.5. The molecule has 0 fully saturated rings. The van der Waals surface area contributed by atoms with Crippen LogP contribution in [-0.4, -0.2) is 51.7 Å². The lowest BCUT2D eigenvalue weighted by Gasteiger charge is -2.29. The molecule has 174 valence electrons. The predicted molar refractivity (Wildman–Crippen MR) is 126 cm³/mol. The van der Waals surface area contributed by atoms with Gasteiger partial charge in [-0.15, -0.1) is 6.42 Å². The quantitative estimate of drug-likeness (QED) is 0.349. The third-order valence-electron chi connectivity index (χ3n) is 5.18. The van der Waals surface area contributed by atoms with Gasteiger partial charge in [-0.2, -0.15) is 5.10 Å². The molecule has 0 saturated heterocycles. The molecule has 1 aromatic heterocycles. The number of terminal acetylenes is 1.